The molecule has 2 aliphatic rings. The fraction of sp³-hybridized carbons (Fsp3) is 0.375. The normalized spacial score (nSPS) is 16.7. The van der Waals surface area contributed by atoms with Crippen molar-refractivity contribution >= 4 is 45.2 Å². The van der Waals surface area contributed by atoms with E-state index in [9.17, 15) is 14.4 Å². The number of carbonyl (C=O) groups excluding carboxylic acids is 2. The van der Waals surface area contributed by atoms with Crippen molar-refractivity contribution < 1.29 is 33.3 Å². The number of rotatable bonds is 9. The van der Waals surface area contributed by atoms with E-state index < -0.39 is 12.0 Å². The number of esters is 1. The number of hydrogen-bond donors (Lipinski definition) is 0. The third-order valence-electron chi connectivity index (χ3n) is 7.27. The van der Waals surface area contributed by atoms with Crippen LogP contribution in [-0.4, -0.2) is 74.6 Å². The molecule has 3 heterocycles. The molecule has 0 saturated carbocycles. The number of benzene rings is 2. The number of methoxy groups -OCH3 is 2. The number of aromatic nitrogens is 1. The van der Waals surface area contributed by atoms with Gasteiger partial charge in [-0.15, -0.1) is 0 Å². The third-order valence-corrected chi connectivity index (χ3v) is 8.75. The van der Waals surface area contributed by atoms with Crippen molar-refractivity contribution in [2.75, 3.05) is 47.1 Å². The standard InChI is InChI=1S/C32H34BrN3O8S/c1-18(2)44-31(39)28-19(3)34-32-36(29(28)22-16-21(33)7-9-23(22)40-4)30(38)26(45-32)15-20-6-8-24(25(14-20)41-5)43-17-27(37)35-10-12-42-13-11-35/h6-9,14-16,18,29H,10-13,17H2,1-5H3/b26-15-/t29-/m0/s1. The van der Waals surface area contributed by atoms with Crippen molar-refractivity contribution in [2.24, 2.45) is 4.99 Å². The summed E-state index contributed by atoms with van der Waals surface area (Å²) in [4.78, 5) is 46.9. The first kappa shape index (κ1) is 32.5. The molecule has 0 aliphatic carbocycles. The van der Waals surface area contributed by atoms with E-state index in [1.54, 1.807) is 63.1 Å². The molecular weight excluding hydrogens is 666 g/mol. The quantitative estimate of drug-likeness (QED) is 0.313. The summed E-state index contributed by atoms with van der Waals surface area (Å²) in [5.41, 5.74) is 1.67. The molecule has 1 saturated heterocycles. The SMILES string of the molecule is COc1cc(/C=c2\sc3n(c2=O)[C@@H](c2cc(Br)ccc2OC)C(C(=O)OC(C)C)=C(C)N=3)ccc1OCC(=O)N1CCOCC1. The highest BCUT2D eigenvalue weighted by Crippen LogP contribution is 2.37. The van der Waals surface area contributed by atoms with E-state index in [1.807, 2.05) is 12.1 Å². The molecule has 2 aromatic carbocycles. The minimum Gasteiger partial charge on any atom is -0.496 e. The van der Waals surface area contributed by atoms with Gasteiger partial charge in [0.2, 0.25) is 0 Å². The van der Waals surface area contributed by atoms with Gasteiger partial charge in [0.1, 0.15) is 11.8 Å². The summed E-state index contributed by atoms with van der Waals surface area (Å²) < 4.78 is 30.6. The fourth-order valence-electron chi connectivity index (χ4n) is 5.16. The predicted molar refractivity (Wildman–Crippen MR) is 172 cm³/mol. The van der Waals surface area contributed by atoms with Gasteiger partial charge in [0.25, 0.3) is 11.5 Å². The van der Waals surface area contributed by atoms with E-state index in [-0.39, 0.29) is 29.8 Å². The number of amides is 1. The highest BCUT2D eigenvalue weighted by atomic mass is 79.9. The number of ether oxygens (including phenoxy) is 5. The number of hydrogen-bond acceptors (Lipinski definition) is 10. The minimum atomic E-state index is -0.837. The number of fused-ring (bicyclic) bond motifs is 1. The van der Waals surface area contributed by atoms with Crippen LogP contribution in [0.15, 0.2) is 61.9 Å². The Bertz CT molecular complexity index is 1820. The van der Waals surface area contributed by atoms with Crippen molar-refractivity contribution in [1.29, 1.82) is 0 Å². The molecule has 45 heavy (non-hydrogen) atoms. The van der Waals surface area contributed by atoms with Crippen LogP contribution in [0.5, 0.6) is 17.2 Å². The maximum Gasteiger partial charge on any atom is 0.338 e. The average molecular weight is 701 g/mol. The van der Waals surface area contributed by atoms with Crippen LogP contribution in [0, 0.1) is 0 Å². The summed E-state index contributed by atoms with van der Waals surface area (Å²) >= 11 is 4.73. The van der Waals surface area contributed by atoms with Crippen LogP contribution in [0.2, 0.25) is 0 Å². The van der Waals surface area contributed by atoms with Crippen LogP contribution in [0.3, 0.4) is 0 Å². The molecule has 238 valence electrons. The molecule has 1 aromatic heterocycles. The Morgan fingerprint density at radius 2 is 1.80 bits per heavy atom. The van der Waals surface area contributed by atoms with Gasteiger partial charge in [-0.1, -0.05) is 33.3 Å². The monoisotopic (exact) mass is 699 g/mol. The summed E-state index contributed by atoms with van der Waals surface area (Å²) in [5.74, 6) is 0.643. The second kappa shape index (κ2) is 14.0. The molecule has 0 N–H and O–H groups in total. The molecule has 2 aliphatic heterocycles. The Morgan fingerprint density at radius 3 is 2.49 bits per heavy atom. The number of carbonyl (C=O) groups is 2. The minimum absolute atomic E-state index is 0.130. The lowest BCUT2D eigenvalue weighted by Gasteiger charge is -2.26. The van der Waals surface area contributed by atoms with E-state index in [0.717, 1.165) is 4.47 Å². The number of thiazole rings is 1. The van der Waals surface area contributed by atoms with E-state index in [0.29, 0.717) is 69.7 Å². The summed E-state index contributed by atoms with van der Waals surface area (Å²) in [6.07, 6.45) is 1.36. The first-order chi connectivity index (χ1) is 21.6. The van der Waals surface area contributed by atoms with Crippen molar-refractivity contribution in [3.63, 3.8) is 0 Å². The molecule has 11 nitrogen and oxygen atoms in total. The molecule has 1 amide bonds. The van der Waals surface area contributed by atoms with E-state index >= 15 is 0 Å². The van der Waals surface area contributed by atoms with Crippen LogP contribution in [0.25, 0.3) is 6.08 Å². The number of morpholine rings is 1. The fourth-order valence-corrected chi connectivity index (χ4v) is 6.59. The molecular formula is C32H34BrN3O8S. The molecule has 1 atom stereocenters. The zero-order valence-corrected chi connectivity index (χ0v) is 28.0. The maximum absolute atomic E-state index is 14.1. The maximum atomic E-state index is 14.1. The van der Waals surface area contributed by atoms with Gasteiger partial charge >= 0.3 is 5.97 Å². The molecule has 13 heteroatoms. The van der Waals surface area contributed by atoms with Crippen molar-refractivity contribution in [3.8, 4) is 17.2 Å². The van der Waals surface area contributed by atoms with Crippen LogP contribution < -0.4 is 29.1 Å². The molecule has 0 bridgehead atoms. The Kier molecular flexibility index (Phi) is 10.1. The van der Waals surface area contributed by atoms with Gasteiger partial charge < -0.3 is 28.6 Å². The Labute approximate surface area is 272 Å². The zero-order valence-electron chi connectivity index (χ0n) is 25.6. The van der Waals surface area contributed by atoms with Crippen LogP contribution >= 0.6 is 27.3 Å². The third kappa shape index (κ3) is 7.00. The lowest BCUT2D eigenvalue weighted by molar-refractivity contribution is -0.143. The highest BCUT2D eigenvalue weighted by Gasteiger charge is 2.35. The Balaban J connectivity index is 1.53. The van der Waals surface area contributed by atoms with Gasteiger partial charge in [0, 0.05) is 23.1 Å². The summed E-state index contributed by atoms with van der Waals surface area (Å²) in [6.45, 7) is 7.22. The lowest BCUT2D eigenvalue weighted by Crippen LogP contribution is -2.43. The van der Waals surface area contributed by atoms with Crippen LogP contribution in [0.4, 0.5) is 0 Å². The molecule has 5 rings (SSSR count). The molecule has 0 spiro atoms. The van der Waals surface area contributed by atoms with Crippen molar-refractivity contribution in [2.45, 2.75) is 32.9 Å². The lowest BCUT2D eigenvalue weighted by atomic mass is 9.95. The van der Waals surface area contributed by atoms with Gasteiger partial charge in [-0.05, 0) is 62.7 Å². The topological polar surface area (TPSA) is 118 Å². The first-order valence-electron chi connectivity index (χ1n) is 14.3. The summed E-state index contributed by atoms with van der Waals surface area (Å²) in [6, 6.07) is 9.81. The Hall–Kier alpha value is -3.94. The largest absolute Gasteiger partial charge is 0.496 e. The highest BCUT2D eigenvalue weighted by molar-refractivity contribution is 9.10. The molecule has 1 fully saturated rings. The number of halogens is 1. The van der Waals surface area contributed by atoms with Crippen molar-refractivity contribution in [1.82, 2.24) is 9.47 Å². The van der Waals surface area contributed by atoms with Gasteiger partial charge in [-0.25, -0.2) is 9.79 Å². The average Bonchev–Trinajstić information content (AvgIpc) is 3.33. The number of allylic oxidation sites excluding steroid dienone is 1. The van der Waals surface area contributed by atoms with Gasteiger partial charge in [-0.3, -0.25) is 14.2 Å². The molecule has 3 aromatic rings. The van der Waals surface area contributed by atoms with E-state index in [1.165, 1.54) is 23.0 Å². The zero-order chi connectivity index (χ0) is 32.2. The van der Waals surface area contributed by atoms with Gasteiger partial charge in [-0.2, -0.15) is 0 Å². The predicted octanol–water partition coefficient (Wildman–Crippen LogP) is 3.20. The smallest absolute Gasteiger partial charge is 0.338 e. The molecule has 0 unspecified atom stereocenters. The van der Waals surface area contributed by atoms with Crippen molar-refractivity contribution in [3.05, 3.63) is 83.0 Å². The van der Waals surface area contributed by atoms with Crippen LogP contribution in [0.1, 0.15) is 37.9 Å². The second-order valence-corrected chi connectivity index (χ2v) is 12.5. The number of nitrogens with zero attached hydrogens (tertiary/aromatic N) is 3. The summed E-state index contributed by atoms with van der Waals surface area (Å²) in [7, 11) is 3.05. The Morgan fingerprint density at radius 1 is 1.09 bits per heavy atom. The van der Waals surface area contributed by atoms with E-state index in [4.69, 9.17) is 23.7 Å². The van der Waals surface area contributed by atoms with Crippen LogP contribution in [-0.2, 0) is 19.1 Å². The second-order valence-electron chi connectivity index (χ2n) is 10.6. The van der Waals surface area contributed by atoms with Gasteiger partial charge in [0.05, 0.1) is 49.3 Å². The summed E-state index contributed by atoms with van der Waals surface area (Å²) in [5, 5.41) is 0. The first-order valence-corrected chi connectivity index (χ1v) is 16.0. The molecule has 0 radical (unpaired) electrons. The van der Waals surface area contributed by atoms with E-state index in [2.05, 4.69) is 20.9 Å². The van der Waals surface area contributed by atoms with Gasteiger partial charge in [0.15, 0.2) is 22.9 Å².